The summed E-state index contributed by atoms with van der Waals surface area (Å²) in [5.74, 6) is 1.49. The van der Waals surface area contributed by atoms with Gasteiger partial charge in [0, 0.05) is 18.2 Å². The lowest BCUT2D eigenvalue weighted by atomic mass is 10.1. The van der Waals surface area contributed by atoms with Crippen LogP contribution < -0.4 is 5.32 Å². The second-order valence-electron chi connectivity index (χ2n) is 7.93. The van der Waals surface area contributed by atoms with E-state index in [-0.39, 0.29) is 17.9 Å². The molecule has 1 saturated heterocycles. The van der Waals surface area contributed by atoms with Crippen LogP contribution in [0.15, 0.2) is 24.3 Å². The van der Waals surface area contributed by atoms with Crippen molar-refractivity contribution < 1.29 is 9.53 Å². The highest BCUT2D eigenvalue weighted by Gasteiger charge is 2.26. The monoisotopic (exact) mass is 380 g/mol. The molecule has 0 unspecified atom stereocenters. The highest BCUT2D eigenvalue weighted by atomic mass is 16.5. The maximum absolute atomic E-state index is 12.6. The minimum Gasteiger partial charge on any atom is -0.376 e. The number of imidazole rings is 1. The Hall–Kier alpha value is -2.60. The van der Waals surface area contributed by atoms with Gasteiger partial charge in [-0.05, 0) is 44.4 Å². The van der Waals surface area contributed by atoms with Crippen LogP contribution in [0.5, 0.6) is 0 Å². The number of amides is 1. The highest BCUT2D eigenvalue weighted by Crippen LogP contribution is 2.36. The molecule has 1 amide bonds. The number of hydrogen-bond acceptors (Lipinski definition) is 3. The number of aromatic amines is 1. The van der Waals surface area contributed by atoms with E-state index in [1.165, 1.54) is 0 Å². The lowest BCUT2D eigenvalue weighted by molar-refractivity contribution is -0.118. The standard InChI is InChI=1S/C22H28N4O2/c1-13(2)22(27)25-21-19(20-23-17-9-5-6-10-18(17)24-20)14(3)15(4)26(21)12-16-8-7-11-28-16/h5-6,9-10,13,16H,7-8,11-12H2,1-4H3,(H,23,24)(H,25,27)/t16-/m0/s1. The Morgan fingerprint density at radius 2 is 2.14 bits per heavy atom. The van der Waals surface area contributed by atoms with Crippen molar-refractivity contribution in [2.24, 2.45) is 5.92 Å². The van der Waals surface area contributed by atoms with Crippen LogP contribution >= 0.6 is 0 Å². The van der Waals surface area contributed by atoms with Crippen LogP contribution in [0.3, 0.4) is 0 Å². The molecule has 2 N–H and O–H groups in total. The number of carbonyl (C=O) groups excluding carboxylic acids is 1. The first-order valence-electron chi connectivity index (χ1n) is 10.0. The van der Waals surface area contributed by atoms with Gasteiger partial charge in [0.2, 0.25) is 5.91 Å². The van der Waals surface area contributed by atoms with E-state index in [9.17, 15) is 4.79 Å². The number of aromatic nitrogens is 3. The summed E-state index contributed by atoms with van der Waals surface area (Å²) in [6.45, 7) is 9.55. The number of H-pyrrole nitrogens is 1. The molecule has 1 aromatic carbocycles. The Bertz CT molecular complexity index is 976. The third-order valence-electron chi connectivity index (χ3n) is 5.63. The molecular formula is C22H28N4O2. The smallest absolute Gasteiger partial charge is 0.228 e. The van der Waals surface area contributed by atoms with Crippen molar-refractivity contribution in [3.63, 3.8) is 0 Å². The van der Waals surface area contributed by atoms with Gasteiger partial charge in [0.15, 0.2) is 0 Å². The van der Waals surface area contributed by atoms with Gasteiger partial charge in [-0.3, -0.25) is 4.79 Å². The molecule has 0 bridgehead atoms. The van der Waals surface area contributed by atoms with Crippen LogP contribution in [0.1, 0.15) is 37.9 Å². The summed E-state index contributed by atoms with van der Waals surface area (Å²) in [6.07, 6.45) is 2.33. The number of hydrogen-bond donors (Lipinski definition) is 2. The lowest BCUT2D eigenvalue weighted by Gasteiger charge is -2.18. The largest absolute Gasteiger partial charge is 0.376 e. The second kappa shape index (κ2) is 7.43. The van der Waals surface area contributed by atoms with Gasteiger partial charge in [-0.2, -0.15) is 0 Å². The zero-order valence-corrected chi connectivity index (χ0v) is 17.0. The predicted molar refractivity (Wildman–Crippen MR) is 111 cm³/mol. The summed E-state index contributed by atoms with van der Waals surface area (Å²) in [5.41, 5.74) is 5.12. The van der Waals surface area contributed by atoms with Gasteiger partial charge in [0.05, 0.1) is 29.2 Å². The van der Waals surface area contributed by atoms with Gasteiger partial charge in [0.25, 0.3) is 0 Å². The van der Waals surface area contributed by atoms with E-state index < -0.39 is 0 Å². The minimum atomic E-state index is -0.102. The highest BCUT2D eigenvalue weighted by molar-refractivity contribution is 5.96. The fourth-order valence-corrected chi connectivity index (χ4v) is 3.84. The molecule has 2 aromatic heterocycles. The van der Waals surface area contributed by atoms with Gasteiger partial charge in [-0.25, -0.2) is 4.98 Å². The Morgan fingerprint density at radius 3 is 2.82 bits per heavy atom. The first-order valence-corrected chi connectivity index (χ1v) is 10.0. The summed E-state index contributed by atoms with van der Waals surface area (Å²) in [7, 11) is 0. The van der Waals surface area contributed by atoms with E-state index in [0.29, 0.717) is 0 Å². The van der Waals surface area contributed by atoms with Gasteiger partial charge in [0.1, 0.15) is 11.6 Å². The van der Waals surface area contributed by atoms with Crippen LogP contribution in [-0.2, 0) is 16.1 Å². The number of para-hydroxylation sites is 2. The summed E-state index contributed by atoms with van der Waals surface area (Å²) in [5, 5.41) is 3.17. The van der Waals surface area contributed by atoms with Crippen molar-refractivity contribution in [1.82, 2.24) is 14.5 Å². The van der Waals surface area contributed by atoms with Crippen molar-refractivity contribution in [2.45, 2.75) is 53.2 Å². The van der Waals surface area contributed by atoms with Crippen LogP contribution in [-0.4, -0.2) is 33.2 Å². The Balaban J connectivity index is 1.84. The summed E-state index contributed by atoms with van der Waals surface area (Å²) in [6, 6.07) is 7.98. The minimum absolute atomic E-state index is 0.00320. The third-order valence-corrected chi connectivity index (χ3v) is 5.63. The molecule has 1 aliphatic heterocycles. The number of carbonyl (C=O) groups is 1. The summed E-state index contributed by atoms with van der Waals surface area (Å²) >= 11 is 0. The maximum atomic E-state index is 12.6. The number of nitrogens with one attached hydrogen (secondary N) is 2. The fourth-order valence-electron chi connectivity index (χ4n) is 3.84. The number of rotatable bonds is 5. The molecule has 1 fully saturated rings. The first kappa shape index (κ1) is 18.7. The van der Waals surface area contributed by atoms with E-state index in [2.05, 4.69) is 28.7 Å². The SMILES string of the molecule is Cc1c(-c2nc3ccccc3[nH]2)c(NC(=O)C(C)C)n(C[C@@H]2CCCO2)c1C. The molecule has 6 heteroatoms. The number of fused-ring (bicyclic) bond motifs is 1. The average molecular weight is 380 g/mol. The molecule has 3 heterocycles. The molecule has 0 saturated carbocycles. The molecule has 148 valence electrons. The molecule has 0 radical (unpaired) electrons. The molecule has 1 atom stereocenters. The number of anilines is 1. The van der Waals surface area contributed by atoms with Crippen molar-refractivity contribution in [3.05, 3.63) is 35.5 Å². The van der Waals surface area contributed by atoms with Crippen molar-refractivity contribution >= 4 is 22.8 Å². The van der Waals surface area contributed by atoms with Gasteiger partial charge in [-0.1, -0.05) is 26.0 Å². The topological polar surface area (TPSA) is 71.9 Å². The lowest BCUT2D eigenvalue weighted by Crippen LogP contribution is -2.23. The van der Waals surface area contributed by atoms with E-state index in [0.717, 1.165) is 65.5 Å². The Kier molecular flexibility index (Phi) is 4.98. The van der Waals surface area contributed by atoms with E-state index in [1.807, 2.05) is 38.1 Å². The molecule has 4 rings (SSSR count). The van der Waals surface area contributed by atoms with Crippen molar-refractivity contribution in [2.75, 3.05) is 11.9 Å². The van der Waals surface area contributed by atoms with Crippen LogP contribution in [0.4, 0.5) is 5.82 Å². The summed E-state index contributed by atoms with van der Waals surface area (Å²) < 4.78 is 8.05. The van der Waals surface area contributed by atoms with Crippen LogP contribution in [0.25, 0.3) is 22.4 Å². The molecule has 6 nitrogen and oxygen atoms in total. The zero-order valence-electron chi connectivity index (χ0n) is 17.0. The number of ether oxygens (including phenoxy) is 1. The molecular weight excluding hydrogens is 352 g/mol. The number of benzene rings is 1. The van der Waals surface area contributed by atoms with Crippen LogP contribution in [0.2, 0.25) is 0 Å². The van der Waals surface area contributed by atoms with Gasteiger partial charge >= 0.3 is 0 Å². The van der Waals surface area contributed by atoms with Gasteiger partial charge < -0.3 is 19.6 Å². The number of nitrogens with zero attached hydrogens (tertiary/aromatic N) is 2. The molecule has 1 aliphatic rings. The quantitative estimate of drug-likeness (QED) is 0.688. The Labute approximate surface area is 165 Å². The normalized spacial score (nSPS) is 17.0. The molecule has 3 aromatic rings. The van der Waals surface area contributed by atoms with Crippen molar-refractivity contribution in [3.8, 4) is 11.4 Å². The average Bonchev–Trinajstić information content (AvgIpc) is 3.37. The fraction of sp³-hybridized carbons (Fsp3) is 0.455. The maximum Gasteiger partial charge on any atom is 0.228 e. The molecule has 0 spiro atoms. The molecule has 0 aliphatic carbocycles. The van der Waals surface area contributed by atoms with E-state index in [4.69, 9.17) is 9.72 Å². The van der Waals surface area contributed by atoms with E-state index >= 15 is 0 Å². The van der Waals surface area contributed by atoms with Gasteiger partial charge in [-0.15, -0.1) is 0 Å². The molecule has 28 heavy (non-hydrogen) atoms. The predicted octanol–water partition coefficient (Wildman–Crippen LogP) is 4.42. The zero-order chi connectivity index (χ0) is 19.8. The van der Waals surface area contributed by atoms with Crippen LogP contribution in [0, 0.1) is 19.8 Å². The summed E-state index contributed by atoms with van der Waals surface area (Å²) in [4.78, 5) is 20.8. The van der Waals surface area contributed by atoms with E-state index in [1.54, 1.807) is 0 Å². The first-order chi connectivity index (χ1) is 13.5. The second-order valence-corrected chi connectivity index (χ2v) is 7.93. The van der Waals surface area contributed by atoms with Crippen molar-refractivity contribution in [1.29, 1.82) is 0 Å². The third kappa shape index (κ3) is 3.33. The Morgan fingerprint density at radius 1 is 1.36 bits per heavy atom.